The molecular weight excluding hydrogens is 295 g/mol. The zero-order chi connectivity index (χ0) is 15.7. The van der Waals surface area contributed by atoms with Crippen LogP contribution in [0.5, 0.6) is 11.5 Å². The largest absolute Gasteiger partial charge is 0.573 e. The number of hydrogen-bond donors (Lipinski definition) is 1. The van der Waals surface area contributed by atoms with Crippen molar-refractivity contribution in [3.05, 3.63) is 48.5 Å². The lowest BCUT2D eigenvalue weighted by Crippen LogP contribution is -2.17. The van der Waals surface area contributed by atoms with Crippen molar-refractivity contribution in [1.29, 1.82) is 0 Å². The summed E-state index contributed by atoms with van der Waals surface area (Å²) in [5.41, 5.74) is 1.66. The molecule has 0 unspecified atom stereocenters. The van der Waals surface area contributed by atoms with E-state index in [1.807, 2.05) is 6.07 Å². The van der Waals surface area contributed by atoms with Gasteiger partial charge in [-0.1, -0.05) is 12.1 Å². The average Bonchev–Trinajstić information content (AvgIpc) is 2.88. The second-order valence-electron chi connectivity index (χ2n) is 4.68. The molecule has 0 aliphatic rings. The van der Waals surface area contributed by atoms with Gasteiger partial charge >= 0.3 is 6.36 Å². The van der Waals surface area contributed by atoms with Crippen LogP contribution in [0, 0.1) is 0 Å². The number of aromatic nitrogens is 1. The number of ether oxygens (including phenoxy) is 2. The predicted octanol–water partition coefficient (Wildman–Crippen LogP) is 4.74. The van der Waals surface area contributed by atoms with E-state index in [9.17, 15) is 13.2 Å². The van der Waals surface area contributed by atoms with Gasteiger partial charge in [0.1, 0.15) is 11.5 Å². The Hall–Kier alpha value is -2.63. The molecule has 3 aromatic rings. The molecule has 1 heterocycles. The van der Waals surface area contributed by atoms with E-state index in [1.165, 1.54) is 12.1 Å². The predicted molar refractivity (Wildman–Crippen MR) is 77.0 cm³/mol. The minimum absolute atomic E-state index is 0.242. The van der Waals surface area contributed by atoms with Crippen LogP contribution in [0.25, 0.3) is 22.2 Å². The van der Waals surface area contributed by atoms with Crippen molar-refractivity contribution < 1.29 is 22.6 Å². The zero-order valence-corrected chi connectivity index (χ0v) is 11.6. The first-order valence-electron chi connectivity index (χ1n) is 6.48. The maximum Gasteiger partial charge on any atom is 0.573 e. The fourth-order valence-electron chi connectivity index (χ4n) is 2.28. The number of nitrogens with one attached hydrogen (secondary N) is 1. The lowest BCUT2D eigenvalue weighted by atomic mass is 10.1. The maximum absolute atomic E-state index is 12.5. The standard InChI is InChI=1S/C16H12F3NO2/c1-21-11-7-6-10-8-14(20-13(10)9-11)12-4-2-3-5-15(12)22-16(17,18)19/h2-9,20H,1H3. The van der Waals surface area contributed by atoms with E-state index in [0.29, 0.717) is 17.0 Å². The SMILES string of the molecule is COc1ccc2cc(-c3ccccc3OC(F)(F)F)[nH]c2c1. The molecule has 114 valence electrons. The molecule has 0 atom stereocenters. The highest BCUT2D eigenvalue weighted by Crippen LogP contribution is 2.35. The normalized spacial score (nSPS) is 11.6. The summed E-state index contributed by atoms with van der Waals surface area (Å²) in [5, 5.41) is 0.873. The Labute approximate surface area is 124 Å². The summed E-state index contributed by atoms with van der Waals surface area (Å²) >= 11 is 0. The first kappa shape index (κ1) is 14.3. The first-order valence-corrected chi connectivity index (χ1v) is 6.48. The minimum atomic E-state index is -4.73. The smallest absolute Gasteiger partial charge is 0.497 e. The van der Waals surface area contributed by atoms with Crippen molar-refractivity contribution in [2.75, 3.05) is 7.11 Å². The lowest BCUT2D eigenvalue weighted by Gasteiger charge is -2.12. The number of methoxy groups -OCH3 is 1. The summed E-state index contributed by atoms with van der Waals surface area (Å²) in [5.74, 6) is 0.425. The van der Waals surface area contributed by atoms with E-state index in [2.05, 4.69) is 9.72 Å². The monoisotopic (exact) mass is 307 g/mol. The Bertz CT molecular complexity index is 809. The van der Waals surface area contributed by atoms with Crippen LogP contribution in [0.15, 0.2) is 48.5 Å². The van der Waals surface area contributed by atoms with E-state index in [4.69, 9.17) is 4.74 Å². The summed E-state index contributed by atoms with van der Waals surface area (Å²) in [7, 11) is 1.55. The number of halogens is 3. The molecule has 6 heteroatoms. The fourth-order valence-corrected chi connectivity index (χ4v) is 2.28. The van der Waals surface area contributed by atoms with E-state index >= 15 is 0 Å². The molecule has 0 aliphatic heterocycles. The Kier molecular flexibility index (Phi) is 3.44. The van der Waals surface area contributed by atoms with Crippen molar-refractivity contribution in [1.82, 2.24) is 4.98 Å². The van der Waals surface area contributed by atoms with Crippen molar-refractivity contribution >= 4 is 10.9 Å². The highest BCUT2D eigenvalue weighted by molar-refractivity contribution is 5.88. The quantitative estimate of drug-likeness (QED) is 0.758. The highest BCUT2D eigenvalue weighted by Gasteiger charge is 2.32. The summed E-state index contributed by atoms with van der Waals surface area (Å²) in [6.07, 6.45) is -4.73. The topological polar surface area (TPSA) is 34.2 Å². The molecule has 0 saturated carbocycles. The molecule has 0 saturated heterocycles. The minimum Gasteiger partial charge on any atom is -0.497 e. The van der Waals surface area contributed by atoms with Gasteiger partial charge in [-0.2, -0.15) is 0 Å². The van der Waals surface area contributed by atoms with Crippen LogP contribution < -0.4 is 9.47 Å². The van der Waals surface area contributed by atoms with Crippen LogP contribution in [-0.2, 0) is 0 Å². The van der Waals surface area contributed by atoms with Gasteiger partial charge in [-0.15, -0.1) is 13.2 Å². The van der Waals surface area contributed by atoms with Crippen LogP contribution in [0.1, 0.15) is 0 Å². The van der Waals surface area contributed by atoms with Gasteiger partial charge in [-0.25, -0.2) is 0 Å². The summed E-state index contributed by atoms with van der Waals surface area (Å²) in [6, 6.07) is 13.2. The molecule has 22 heavy (non-hydrogen) atoms. The van der Waals surface area contributed by atoms with E-state index in [1.54, 1.807) is 37.4 Å². The van der Waals surface area contributed by atoms with Crippen LogP contribution in [0.3, 0.4) is 0 Å². The van der Waals surface area contributed by atoms with Crippen molar-refractivity contribution in [3.63, 3.8) is 0 Å². The molecule has 0 bridgehead atoms. The van der Waals surface area contributed by atoms with Crippen LogP contribution in [0.4, 0.5) is 13.2 Å². The summed E-state index contributed by atoms with van der Waals surface area (Å²) < 4.78 is 46.7. The Morgan fingerprint density at radius 3 is 2.50 bits per heavy atom. The van der Waals surface area contributed by atoms with Gasteiger partial charge < -0.3 is 14.5 Å². The first-order chi connectivity index (χ1) is 10.5. The third-order valence-electron chi connectivity index (χ3n) is 3.23. The summed E-state index contributed by atoms with van der Waals surface area (Å²) in [4.78, 5) is 3.09. The van der Waals surface area contributed by atoms with Gasteiger partial charge in [0, 0.05) is 22.5 Å². The van der Waals surface area contributed by atoms with Crippen molar-refractivity contribution in [2.24, 2.45) is 0 Å². The Morgan fingerprint density at radius 2 is 1.77 bits per heavy atom. The van der Waals surface area contributed by atoms with Crippen LogP contribution in [0.2, 0.25) is 0 Å². The van der Waals surface area contributed by atoms with Crippen molar-refractivity contribution in [3.8, 4) is 22.8 Å². The van der Waals surface area contributed by atoms with Gasteiger partial charge in [-0.3, -0.25) is 0 Å². The highest BCUT2D eigenvalue weighted by atomic mass is 19.4. The molecule has 0 radical (unpaired) electrons. The number of fused-ring (bicyclic) bond motifs is 1. The van der Waals surface area contributed by atoms with E-state index in [-0.39, 0.29) is 5.75 Å². The number of rotatable bonds is 3. The zero-order valence-electron chi connectivity index (χ0n) is 11.6. The number of H-pyrrole nitrogens is 1. The van der Waals surface area contributed by atoms with Crippen LogP contribution in [-0.4, -0.2) is 18.5 Å². The average molecular weight is 307 g/mol. The van der Waals surface area contributed by atoms with Crippen molar-refractivity contribution in [2.45, 2.75) is 6.36 Å². The number of hydrogen-bond acceptors (Lipinski definition) is 2. The van der Waals surface area contributed by atoms with Gasteiger partial charge in [-0.05, 0) is 30.3 Å². The van der Waals surface area contributed by atoms with Gasteiger partial charge in [0.25, 0.3) is 0 Å². The number of alkyl halides is 3. The third kappa shape index (κ3) is 2.86. The summed E-state index contributed by atoms with van der Waals surface area (Å²) in [6.45, 7) is 0. The molecule has 0 spiro atoms. The molecule has 0 amide bonds. The maximum atomic E-state index is 12.5. The molecule has 0 fully saturated rings. The molecule has 1 N–H and O–H groups in total. The Morgan fingerprint density at radius 1 is 1.00 bits per heavy atom. The third-order valence-corrected chi connectivity index (χ3v) is 3.23. The van der Waals surface area contributed by atoms with Gasteiger partial charge in [0.2, 0.25) is 0 Å². The number of aromatic amines is 1. The molecule has 2 aromatic carbocycles. The van der Waals surface area contributed by atoms with Gasteiger partial charge in [0.05, 0.1) is 12.8 Å². The molecule has 3 rings (SSSR count). The number of para-hydroxylation sites is 1. The number of benzene rings is 2. The Balaban J connectivity index is 2.07. The second-order valence-corrected chi connectivity index (χ2v) is 4.68. The second kappa shape index (κ2) is 5.29. The molecular formula is C16H12F3NO2. The fraction of sp³-hybridized carbons (Fsp3) is 0.125. The lowest BCUT2D eigenvalue weighted by molar-refractivity contribution is -0.274. The molecule has 3 nitrogen and oxygen atoms in total. The van der Waals surface area contributed by atoms with E-state index in [0.717, 1.165) is 10.9 Å². The molecule has 0 aliphatic carbocycles. The van der Waals surface area contributed by atoms with Gasteiger partial charge in [0.15, 0.2) is 0 Å². The molecule has 1 aromatic heterocycles. The van der Waals surface area contributed by atoms with Crippen LogP contribution >= 0.6 is 0 Å². The van der Waals surface area contributed by atoms with E-state index < -0.39 is 6.36 Å².